The Morgan fingerprint density at radius 1 is 1.11 bits per heavy atom. The lowest BCUT2D eigenvalue weighted by atomic mass is 10.1. The highest BCUT2D eigenvalue weighted by Crippen LogP contribution is 2.33. The molecule has 1 N–H and O–H groups in total. The lowest BCUT2D eigenvalue weighted by Crippen LogP contribution is -2.41. The second-order valence-electron chi connectivity index (χ2n) is 5.38. The van der Waals surface area contributed by atoms with Crippen LogP contribution < -0.4 is 4.72 Å². The van der Waals surface area contributed by atoms with Gasteiger partial charge in [0, 0.05) is 0 Å². The summed E-state index contributed by atoms with van der Waals surface area (Å²) in [5.41, 5.74) is 0.942. The van der Waals surface area contributed by atoms with Crippen molar-refractivity contribution in [2.45, 2.75) is 44.7 Å². The number of aryl methyl sites for hydroxylation is 1. The number of hydrogen-bond acceptors (Lipinski definition) is 1. The number of rotatable bonds is 3. The van der Waals surface area contributed by atoms with E-state index in [1.807, 2.05) is 0 Å². The normalized spacial score (nSPS) is 16.2. The van der Waals surface area contributed by atoms with E-state index in [-0.39, 0.29) is 5.56 Å². The molecule has 0 spiro atoms. The van der Waals surface area contributed by atoms with E-state index >= 15 is 0 Å². The van der Waals surface area contributed by atoms with Gasteiger partial charge in [-0.05, 0) is 33.3 Å². The van der Waals surface area contributed by atoms with Gasteiger partial charge in [-0.2, -0.15) is 13.2 Å². The largest absolute Gasteiger partial charge is 0.408 e. The maximum atomic E-state index is 13.1. The van der Waals surface area contributed by atoms with Gasteiger partial charge in [0.2, 0.25) is 0 Å². The average molecular weight is 293 g/mol. The number of benzene rings is 1. The van der Waals surface area contributed by atoms with Crippen LogP contribution in [0.1, 0.15) is 37.9 Å². The molecule has 19 heavy (non-hydrogen) atoms. The van der Waals surface area contributed by atoms with Crippen LogP contribution in [-0.4, -0.2) is 15.1 Å². The molecular formula is C13H18F3NOS. The summed E-state index contributed by atoms with van der Waals surface area (Å²) in [6.45, 7) is 6.67. The number of halogens is 3. The molecule has 0 fully saturated rings. The molecule has 0 radical (unpaired) electrons. The van der Waals surface area contributed by atoms with Gasteiger partial charge in [0.05, 0.1) is 15.7 Å². The van der Waals surface area contributed by atoms with Crippen LogP contribution in [0.4, 0.5) is 13.2 Å². The van der Waals surface area contributed by atoms with Crippen LogP contribution >= 0.6 is 0 Å². The van der Waals surface area contributed by atoms with Crippen LogP contribution in [0.15, 0.2) is 24.3 Å². The van der Waals surface area contributed by atoms with Crippen molar-refractivity contribution in [2.75, 3.05) is 0 Å². The van der Waals surface area contributed by atoms with Gasteiger partial charge < -0.3 is 0 Å². The molecule has 0 aliphatic heterocycles. The lowest BCUT2D eigenvalue weighted by Gasteiger charge is -2.26. The zero-order valence-electron chi connectivity index (χ0n) is 11.3. The number of alkyl halides is 3. The Morgan fingerprint density at radius 2 is 1.58 bits per heavy atom. The van der Waals surface area contributed by atoms with Gasteiger partial charge in [-0.15, -0.1) is 0 Å². The zero-order chi connectivity index (χ0) is 14.8. The third-order valence-corrected chi connectivity index (χ3v) is 4.08. The first-order chi connectivity index (χ1) is 8.51. The molecule has 0 aliphatic carbocycles. The summed E-state index contributed by atoms with van der Waals surface area (Å²) >= 11 is 0. The fourth-order valence-electron chi connectivity index (χ4n) is 1.37. The fourth-order valence-corrected chi connectivity index (χ4v) is 2.20. The van der Waals surface area contributed by atoms with Crippen molar-refractivity contribution in [3.63, 3.8) is 0 Å². The molecule has 0 unspecified atom stereocenters. The monoisotopic (exact) mass is 293 g/mol. The van der Waals surface area contributed by atoms with E-state index in [1.165, 1.54) is 12.1 Å². The van der Waals surface area contributed by atoms with Gasteiger partial charge in [-0.1, -0.05) is 29.8 Å². The highest BCUT2D eigenvalue weighted by molar-refractivity contribution is 7.84. The predicted octanol–water partition coefficient (Wildman–Crippen LogP) is 3.65. The van der Waals surface area contributed by atoms with Crippen LogP contribution in [0.25, 0.3) is 0 Å². The Kier molecular flexibility index (Phi) is 4.79. The molecule has 0 aromatic heterocycles. The molecular weight excluding hydrogens is 275 g/mol. The van der Waals surface area contributed by atoms with E-state index in [0.29, 0.717) is 0 Å². The van der Waals surface area contributed by atoms with Crippen molar-refractivity contribution in [1.82, 2.24) is 4.72 Å². The van der Waals surface area contributed by atoms with Crippen LogP contribution in [0.5, 0.6) is 0 Å². The van der Waals surface area contributed by atoms with E-state index in [9.17, 15) is 17.4 Å². The van der Waals surface area contributed by atoms with Crippen LogP contribution in [0.3, 0.4) is 0 Å². The third kappa shape index (κ3) is 4.62. The lowest BCUT2D eigenvalue weighted by molar-refractivity contribution is -0.152. The molecule has 0 saturated heterocycles. The van der Waals surface area contributed by atoms with Crippen molar-refractivity contribution in [2.24, 2.45) is 0 Å². The van der Waals surface area contributed by atoms with Crippen LogP contribution in [0, 0.1) is 6.92 Å². The Bertz CT molecular complexity index is 448. The van der Waals surface area contributed by atoms with E-state index in [2.05, 4.69) is 4.72 Å². The molecule has 1 rings (SSSR count). The molecule has 0 amide bonds. The molecule has 2 nitrogen and oxygen atoms in total. The van der Waals surface area contributed by atoms with Crippen molar-refractivity contribution in [1.29, 1.82) is 0 Å². The van der Waals surface area contributed by atoms with Gasteiger partial charge in [-0.3, -0.25) is 0 Å². The molecule has 2 atom stereocenters. The van der Waals surface area contributed by atoms with Crippen molar-refractivity contribution in [3.8, 4) is 0 Å². The minimum absolute atomic E-state index is 0.0655. The van der Waals surface area contributed by atoms with Gasteiger partial charge >= 0.3 is 6.18 Å². The molecule has 108 valence electrons. The van der Waals surface area contributed by atoms with Crippen LogP contribution in [-0.2, 0) is 11.0 Å². The van der Waals surface area contributed by atoms with E-state index < -0.39 is 28.0 Å². The summed E-state index contributed by atoms with van der Waals surface area (Å²) in [4.78, 5) is 0. The fraction of sp³-hybridized carbons (Fsp3) is 0.538. The molecule has 1 aromatic carbocycles. The first kappa shape index (κ1) is 16.2. The summed E-state index contributed by atoms with van der Waals surface area (Å²) in [5, 5.41) is 0. The Labute approximate surface area is 114 Å². The topological polar surface area (TPSA) is 29.1 Å². The first-order valence-corrected chi connectivity index (χ1v) is 6.98. The molecule has 0 bridgehead atoms. The van der Waals surface area contributed by atoms with Crippen molar-refractivity contribution >= 4 is 11.0 Å². The van der Waals surface area contributed by atoms with E-state index in [0.717, 1.165) is 5.56 Å². The van der Waals surface area contributed by atoms with Gasteiger partial charge in [-0.25, -0.2) is 8.93 Å². The summed E-state index contributed by atoms with van der Waals surface area (Å²) in [5.74, 6) is 0. The Hall–Kier alpha value is -0.880. The van der Waals surface area contributed by atoms with Gasteiger partial charge in [0.15, 0.2) is 0 Å². The summed E-state index contributed by atoms with van der Waals surface area (Å²) < 4.78 is 52.5. The van der Waals surface area contributed by atoms with Crippen molar-refractivity contribution < 1.29 is 17.4 Å². The maximum absolute atomic E-state index is 13.1. The zero-order valence-corrected chi connectivity index (χ0v) is 12.2. The smallest absolute Gasteiger partial charge is 0.242 e. The first-order valence-electron chi connectivity index (χ1n) is 5.83. The Balaban J connectivity index is 3.04. The van der Waals surface area contributed by atoms with E-state index in [1.54, 1.807) is 39.8 Å². The highest BCUT2D eigenvalue weighted by Gasteiger charge is 2.42. The second kappa shape index (κ2) is 5.63. The van der Waals surface area contributed by atoms with E-state index in [4.69, 9.17) is 0 Å². The second-order valence-corrected chi connectivity index (χ2v) is 7.38. The average Bonchev–Trinajstić information content (AvgIpc) is 2.24. The molecule has 6 heteroatoms. The quantitative estimate of drug-likeness (QED) is 0.905. The third-order valence-electron chi connectivity index (χ3n) is 2.52. The molecule has 0 aliphatic rings. The Morgan fingerprint density at radius 3 is 1.95 bits per heavy atom. The summed E-state index contributed by atoms with van der Waals surface area (Å²) in [7, 11) is -1.79. The number of nitrogens with one attached hydrogen (secondary N) is 1. The summed E-state index contributed by atoms with van der Waals surface area (Å²) in [6, 6.07) is 4.10. The van der Waals surface area contributed by atoms with Gasteiger partial charge in [0.25, 0.3) is 0 Å². The molecule has 1 aromatic rings. The SMILES string of the molecule is Cc1ccc([C@H](N[S@](=O)C(C)(C)C)C(F)(F)F)cc1. The standard InChI is InChI=1S/C13H18F3NOS/c1-9-5-7-10(8-6-9)11(13(14,15)16)17-19(18)12(2,3)4/h5-8,11,17H,1-4H3/t11-,19+/m0/s1. The summed E-state index contributed by atoms with van der Waals surface area (Å²) in [6.07, 6.45) is -4.49. The molecule has 0 saturated carbocycles. The minimum Gasteiger partial charge on any atom is -0.242 e. The minimum atomic E-state index is -4.49. The van der Waals surface area contributed by atoms with Gasteiger partial charge in [0.1, 0.15) is 6.04 Å². The number of hydrogen-bond donors (Lipinski definition) is 1. The predicted molar refractivity (Wildman–Crippen MR) is 71.0 cm³/mol. The maximum Gasteiger partial charge on any atom is 0.408 e. The van der Waals surface area contributed by atoms with Crippen molar-refractivity contribution in [3.05, 3.63) is 35.4 Å². The van der Waals surface area contributed by atoms with Crippen LogP contribution in [0.2, 0.25) is 0 Å². The highest BCUT2D eigenvalue weighted by atomic mass is 32.2. The molecule has 0 heterocycles.